The van der Waals surface area contributed by atoms with Crippen molar-refractivity contribution in [3.63, 3.8) is 0 Å². The Morgan fingerprint density at radius 2 is 2.10 bits per heavy atom. The van der Waals surface area contributed by atoms with Gasteiger partial charge in [0.1, 0.15) is 0 Å². The first-order valence-electron chi connectivity index (χ1n) is 7.85. The zero-order valence-electron chi connectivity index (χ0n) is 12.5. The molecule has 0 N–H and O–H groups in total. The van der Waals surface area contributed by atoms with Crippen molar-refractivity contribution in [1.82, 2.24) is 4.90 Å². The first kappa shape index (κ1) is 14.1. The minimum atomic E-state index is -0.0100. The van der Waals surface area contributed by atoms with Gasteiger partial charge in [-0.05, 0) is 25.3 Å². The number of oxime groups is 1. The zero-order chi connectivity index (χ0) is 14.7. The van der Waals surface area contributed by atoms with Crippen LogP contribution in [0.5, 0.6) is 0 Å². The van der Waals surface area contributed by atoms with Crippen LogP contribution in [0.1, 0.15) is 38.2 Å². The van der Waals surface area contributed by atoms with E-state index < -0.39 is 0 Å². The van der Waals surface area contributed by atoms with Crippen molar-refractivity contribution in [3.05, 3.63) is 35.9 Å². The highest BCUT2D eigenvalue weighted by molar-refractivity contribution is 6.01. The van der Waals surface area contributed by atoms with Crippen LogP contribution in [0.4, 0.5) is 0 Å². The topological polar surface area (TPSA) is 41.9 Å². The van der Waals surface area contributed by atoms with Gasteiger partial charge in [0.25, 0.3) is 0 Å². The highest BCUT2D eigenvalue weighted by Gasteiger charge is 2.32. The Balaban J connectivity index is 1.56. The minimum Gasteiger partial charge on any atom is -0.390 e. The Morgan fingerprint density at radius 3 is 2.71 bits per heavy atom. The molecule has 4 nitrogen and oxygen atoms in total. The minimum absolute atomic E-state index is 0.0100. The summed E-state index contributed by atoms with van der Waals surface area (Å²) in [6, 6.07) is 10.1. The highest BCUT2D eigenvalue weighted by Crippen LogP contribution is 2.28. The van der Waals surface area contributed by atoms with Crippen molar-refractivity contribution >= 4 is 11.6 Å². The molecule has 1 unspecified atom stereocenters. The van der Waals surface area contributed by atoms with Crippen LogP contribution in [-0.2, 0) is 9.63 Å². The van der Waals surface area contributed by atoms with Crippen LogP contribution in [0.3, 0.4) is 0 Å². The Kier molecular flexibility index (Phi) is 4.23. The van der Waals surface area contributed by atoms with Crippen molar-refractivity contribution in [3.8, 4) is 0 Å². The molecule has 1 aromatic carbocycles. The number of rotatable bonds is 5. The Hall–Kier alpha value is -1.84. The summed E-state index contributed by atoms with van der Waals surface area (Å²) in [6.07, 6.45) is 4.05. The van der Waals surface area contributed by atoms with E-state index in [4.69, 9.17) is 4.84 Å². The SMILES string of the molecule is CCN(CC1CC(c2ccccc2)=NO1)C(=O)C1CCC1. The van der Waals surface area contributed by atoms with Gasteiger partial charge in [-0.25, -0.2) is 0 Å². The van der Waals surface area contributed by atoms with Crippen LogP contribution >= 0.6 is 0 Å². The van der Waals surface area contributed by atoms with Crippen LogP contribution < -0.4 is 0 Å². The molecule has 3 rings (SSSR count). The standard InChI is InChI=1S/C17H22N2O2/c1-2-19(17(20)14-9-6-10-14)12-15-11-16(18-21-15)13-7-4-3-5-8-13/h3-5,7-8,14-15H,2,6,9-12H2,1H3. The van der Waals surface area contributed by atoms with Crippen LogP contribution in [0.15, 0.2) is 35.5 Å². The summed E-state index contributed by atoms with van der Waals surface area (Å²) in [5.74, 6) is 0.543. The molecular weight excluding hydrogens is 264 g/mol. The number of nitrogens with zero attached hydrogens (tertiary/aromatic N) is 2. The summed E-state index contributed by atoms with van der Waals surface area (Å²) in [5, 5.41) is 4.19. The summed E-state index contributed by atoms with van der Waals surface area (Å²) >= 11 is 0. The fourth-order valence-corrected chi connectivity index (χ4v) is 2.86. The van der Waals surface area contributed by atoms with Gasteiger partial charge in [0.2, 0.25) is 5.91 Å². The van der Waals surface area contributed by atoms with Crippen molar-refractivity contribution in [1.29, 1.82) is 0 Å². The largest absolute Gasteiger partial charge is 0.390 e. The predicted octanol–water partition coefficient (Wildman–Crippen LogP) is 2.83. The van der Waals surface area contributed by atoms with Gasteiger partial charge in [0, 0.05) is 18.9 Å². The Morgan fingerprint density at radius 1 is 1.33 bits per heavy atom. The van der Waals surface area contributed by atoms with Gasteiger partial charge in [-0.1, -0.05) is 41.9 Å². The summed E-state index contributed by atoms with van der Waals surface area (Å²) in [4.78, 5) is 19.8. The molecule has 1 aliphatic heterocycles. The molecule has 1 aromatic rings. The number of carbonyl (C=O) groups is 1. The first-order chi connectivity index (χ1) is 10.3. The third-order valence-electron chi connectivity index (χ3n) is 4.41. The lowest BCUT2D eigenvalue weighted by Gasteiger charge is -2.31. The molecule has 0 saturated heterocycles. The summed E-state index contributed by atoms with van der Waals surface area (Å²) in [5.41, 5.74) is 2.08. The molecule has 0 bridgehead atoms. The van der Waals surface area contributed by atoms with Crippen LogP contribution in [0.2, 0.25) is 0 Å². The molecule has 1 atom stereocenters. The Bertz CT molecular complexity index is 523. The number of carbonyl (C=O) groups excluding carboxylic acids is 1. The van der Waals surface area contributed by atoms with Gasteiger partial charge in [0.15, 0.2) is 6.10 Å². The monoisotopic (exact) mass is 286 g/mol. The van der Waals surface area contributed by atoms with Crippen LogP contribution in [0, 0.1) is 5.92 Å². The average molecular weight is 286 g/mol. The smallest absolute Gasteiger partial charge is 0.225 e. The number of benzene rings is 1. The quantitative estimate of drug-likeness (QED) is 0.835. The average Bonchev–Trinajstić information content (AvgIpc) is 2.92. The maximum atomic E-state index is 12.3. The lowest BCUT2D eigenvalue weighted by molar-refractivity contribution is -0.139. The lowest BCUT2D eigenvalue weighted by Crippen LogP contribution is -2.42. The van der Waals surface area contributed by atoms with Gasteiger partial charge in [-0.15, -0.1) is 0 Å². The second-order valence-electron chi connectivity index (χ2n) is 5.84. The molecule has 4 heteroatoms. The normalized spacial score (nSPS) is 21.4. The van der Waals surface area contributed by atoms with Crippen molar-refractivity contribution in [2.24, 2.45) is 11.1 Å². The number of hydrogen-bond donors (Lipinski definition) is 0. The van der Waals surface area contributed by atoms with Crippen LogP contribution in [0.25, 0.3) is 0 Å². The fraction of sp³-hybridized carbons (Fsp3) is 0.529. The third-order valence-corrected chi connectivity index (χ3v) is 4.41. The maximum absolute atomic E-state index is 12.3. The van der Waals surface area contributed by atoms with Gasteiger partial charge in [0.05, 0.1) is 12.3 Å². The van der Waals surface area contributed by atoms with Crippen molar-refractivity contribution in [2.75, 3.05) is 13.1 Å². The van der Waals surface area contributed by atoms with E-state index >= 15 is 0 Å². The van der Waals surface area contributed by atoms with Crippen LogP contribution in [-0.4, -0.2) is 35.7 Å². The van der Waals surface area contributed by atoms with E-state index in [0.717, 1.165) is 37.1 Å². The molecule has 2 aliphatic rings. The van der Waals surface area contributed by atoms with Gasteiger partial charge in [-0.2, -0.15) is 0 Å². The fourth-order valence-electron chi connectivity index (χ4n) is 2.86. The number of hydrogen-bond acceptors (Lipinski definition) is 3. The summed E-state index contributed by atoms with van der Waals surface area (Å²) in [6.45, 7) is 3.42. The van der Waals surface area contributed by atoms with E-state index in [2.05, 4.69) is 5.16 Å². The molecule has 21 heavy (non-hydrogen) atoms. The molecule has 1 fully saturated rings. The summed E-state index contributed by atoms with van der Waals surface area (Å²) < 4.78 is 0. The maximum Gasteiger partial charge on any atom is 0.225 e. The molecular formula is C17H22N2O2. The summed E-state index contributed by atoms with van der Waals surface area (Å²) in [7, 11) is 0. The van der Waals surface area contributed by atoms with E-state index in [-0.39, 0.29) is 12.0 Å². The number of amides is 1. The zero-order valence-corrected chi connectivity index (χ0v) is 12.5. The molecule has 1 saturated carbocycles. The van der Waals surface area contributed by atoms with E-state index in [1.54, 1.807) is 0 Å². The van der Waals surface area contributed by atoms with E-state index in [9.17, 15) is 4.79 Å². The molecule has 0 aromatic heterocycles. The van der Waals surface area contributed by atoms with E-state index in [1.807, 2.05) is 42.2 Å². The van der Waals surface area contributed by atoms with Gasteiger partial charge in [-0.3, -0.25) is 4.79 Å². The van der Waals surface area contributed by atoms with Crippen molar-refractivity contribution < 1.29 is 9.63 Å². The van der Waals surface area contributed by atoms with E-state index in [0.29, 0.717) is 12.5 Å². The molecule has 1 heterocycles. The van der Waals surface area contributed by atoms with Crippen molar-refractivity contribution in [2.45, 2.75) is 38.7 Å². The lowest BCUT2D eigenvalue weighted by atomic mass is 9.84. The first-order valence-corrected chi connectivity index (χ1v) is 7.85. The number of likely N-dealkylation sites (N-methyl/N-ethyl adjacent to an activating group) is 1. The molecule has 1 amide bonds. The van der Waals surface area contributed by atoms with Gasteiger partial charge < -0.3 is 9.74 Å². The predicted molar refractivity (Wildman–Crippen MR) is 82.1 cm³/mol. The molecule has 0 spiro atoms. The third kappa shape index (κ3) is 3.09. The molecule has 1 aliphatic carbocycles. The molecule has 0 radical (unpaired) electrons. The molecule has 112 valence electrons. The Labute approximate surface area is 125 Å². The second kappa shape index (κ2) is 6.29. The second-order valence-corrected chi connectivity index (χ2v) is 5.84. The van der Waals surface area contributed by atoms with Gasteiger partial charge >= 0.3 is 0 Å². The van der Waals surface area contributed by atoms with E-state index in [1.165, 1.54) is 6.42 Å². The highest BCUT2D eigenvalue weighted by atomic mass is 16.6.